The lowest BCUT2D eigenvalue weighted by molar-refractivity contribution is -0.118. The molecule has 0 atom stereocenters. The van der Waals surface area contributed by atoms with E-state index in [0.29, 0.717) is 16.6 Å². The standard InChI is InChI=1S/C16H18N2O4/c1-4-22-16(21)12-8-17-13-6-5-10(7-11(13)14(12)19)18-15(20)9(2)3/h5-9H,4H2,1-3H3,(H,17,19)(H,18,20). The zero-order valence-electron chi connectivity index (χ0n) is 12.7. The van der Waals surface area contributed by atoms with Crippen molar-refractivity contribution in [2.75, 3.05) is 11.9 Å². The Morgan fingerprint density at radius 3 is 2.68 bits per heavy atom. The van der Waals surface area contributed by atoms with Crippen LogP contribution in [-0.2, 0) is 9.53 Å². The zero-order chi connectivity index (χ0) is 16.3. The molecule has 1 heterocycles. The molecule has 0 fully saturated rings. The van der Waals surface area contributed by atoms with Gasteiger partial charge in [0.15, 0.2) is 0 Å². The van der Waals surface area contributed by atoms with Crippen LogP contribution in [0.1, 0.15) is 31.1 Å². The molecule has 2 rings (SSSR count). The number of fused-ring (bicyclic) bond motifs is 1. The number of amides is 1. The number of anilines is 1. The average molecular weight is 302 g/mol. The number of ether oxygens (including phenoxy) is 1. The van der Waals surface area contributed by atoms with E-state index in [1.54, 1.807) is 39.0 Å². The maximum absolute atomic E-state index is 12.4. The van der Waals surface area contributed by atoms with Crippen LogP contribution in [0.2, 0.25) is 0 Å². The van der Waals surface area contributed by atoms with Crippen molar-refractivity contribution >= 4 is 28.5 Å². The van der Waals surface area contributed by atoms with Gasteiger partial charge in [-0.05, 0) is 25.1 Å². The molecule has 0 aliphatic rings. The van der Waals surface area contributed by atoms with Crippen LogP contribution in [-0.4, -0.2) is 23.5 Å². The summed E-state index contributed by atoms with van der Waals surface area (Å²) in [5.74, 6) is -0.973. The Hall–Kier alpha value is -2.63. The molecule has 0 saturated carbocycles. The molecule has 116 valence electrons. The summed E-state index contributed by atoms with van der Waals surface area (Å²) < 4.78 is 4.86. The highest BCUT2D eigenvalue weighted by molar-refractivity contribution is 5.97. The fourth-order valence-corrected chi connectivity index (χ4v) is 1.94. The Labute approximate surface area is 127 Å². The molecule has 6 heteroatoms. The van der Waals surface area contributed by atoms with Gasteiger partial charge in [-0.2, -0.15) is 0 Å². The number of aromatic nitrogens is 1. The van der Waals surface area contributed by atoms with Crippen molar-refractivity contribution in [3.05, 3.63) is 40.2 Å². The van der Waals surface area contributed by atoms with E-state index in [2.05, 4.69) is 10.3 Å². The summed E-state index contributed by atoms with van der Waals surface area (Å²) in [6.07, 6.45) is 1.34. The Morgan fingerprint density at radius 2 is 2.05 bits per heavy atom. The monoisotopic (exact) mass is 302 g/mol. The molecule has 0 bridgehead atoms. The molecule has 6 nitrogen and oxygen atoms in total. The minimum absolute atomic E-state index is 0.0540. The van der Waals surface area contributed by atoms with Gasteiger partial charge in [-0.25, -0.2) is 4.79 Å². The van der Waals surface area contributed by atoms with Crippen molar-refractivity contribution in [3.63, 3.8) is 0 Å². The molecule has 0 spiro atoms. The van der Waals surface area contributed by atoms with Crippen molar-refractivity contribution < 1.29 is 14.3 Å². The Bertz CT molecular complexity index is 777. The lowest BCUT2D eigenvalue weighted by atomic mass is 10.1. The number of nitrogens with one attached hydrogen (secondary N) is 2. The van der Waals surface area contributed by atoms with Crippen LogP contribution in [0.5, 0.6) is 0 Å². The number of esters is 1. The van der Waals surface area contributed by atoms with Crippen molar-refractivity contribution in [3.8, 4) is 0 Å². The first-order valence-electron chi connectivity index (χ1n) is 7.07. The second-order valence-electron chi connectivity index (χ2n) is 5.16. The van der Waals surface area contributed by atoms with Crippen molar-refractivity contribution in [1.82, 2.24) is 4.98 Å². The predicted octanol–water partition coefficient (Wildman–Crippen LogP) is 2.30. The van der Waals surface area contributed by atoms with Gasteiger partial charge in [-0.1, -0.05) is 13.8 Å². The van der Waals surface area contributed by atoms with Crippen LogP contribution in [0, 0.1) is 5.92 Å². The molecular formula is C16H18N2O4. The highest BCUT2D eigenvalue weighted by Crippen LogP contribution is 2.16. The molecule has 1 aromatic carbocycles. The lowest BCUT2D eigenvalue weighted by Crippen LogP contribution is -2.19. The number of hydrogen-bond acceptors (Lipinski definition) is 4. The van der Waals surface area contributed by atoms with E-state index < -0.39 is 11.4 Å². The largest absolute Gasteiger partial charge is 0.462 e. The van der Waals surface area contributed by atoms with E-state index in [1.807, 2.05) is 0 Å². The number of rotatable bonds is 4. The van der Waals surface area contributed by atoms with Crippen LogP contribution in [0.15, 0.2) is 29.2 Å². The molecule has 1 aromatic heterocycles. The molecule has 0 aliphatic heterocycles. The highest BCUT2D eigenvalue weighted by atomic mass is 16.5. The first kappa shape index (κ1) is 15.8. The second kappa shape index (κ2) is 6.43. The quantitative estimate of drug-likeness (QED) is 0.848. The van der Waals surface area contributed by atoms with E-state index in [4.69, 9.17) is 4.74 Å². The number of carbonyl (C=O) groups is 2. The maximum atomic E-state index is 12.4. The van der Waals surface area contributed by atoms with E-state index in [0.717, 1.165) is 0 Å². The summed E-state index contributed by atoms with van der Waals surface area (Å²) in [5.41, 5.74) is 0.618. The summed E-state index contributed by atoms with van der Waals surface area (Å²) in [4.78, 5) is 38.7. The molecule has 2 N–H and O–H groups in total. The number of benzene rings is 1. The number of carbonyl (C=O) groups excluding carboxylic acids is 2. The summed E-state index contributed by atoms with van der Waals surface area (Å²) in [7, 11) is 0. The van der Waals surface area contributed by atoms with Crippen LogP contribution >= 0.6 is 0 Å². The topological polar surface area (TPSA) is 88.3 Å². The fraction of sp³-hybridized carbons (Fsp3) is 0.312. The number of pyridine rings is 1. The lowest BCUT2D eigenvalue weighted by Gasteiger charge is -2.09. The van der Waals surface area contributed by atoms with Gasteiger partial charge in [-0.15, -0.1) is 0 Å². The van der Waals surface area contributed by atoms with Crippen LogP contribution < -0.4 is 10.7 Å². The molecule has 0 aliphatic carbocycles. The smallest absolute Gasteiger partial charge is 0.343 e. The van der Waals surface area contributed by atoms with Gasteiger partial charge in [0, 0.05) is 28.7 Å². The van der Waals surface area contributed by atoms with Crippen molar-refractivity contribution in [2.45, 2.75) is 20.8 Å². The molecule has 2 aromatic rings. The van der Waals surface area contributed by atoms with Gasteiger partial charge < -0.3 is 15.0 Å². The summed E-state index contributed by atoms with van der Waals surface area (Å²) in [5, 5.41) is 3.05. The van der Waals surface area contributed by atoms with E-state index in [-0.39, 0.29) is 24.0 Å². The molecular weight excluding hydrogens is 284 g/mol. The van der Waals surface area contributed by atoms with Crippen LogP contribution in [0.25, 0.3) is 10.9 Å². The Morgan fingerprint density at radius 1 is 1.32 bits per heavy atom. The predicted molar refractivity (Wildman–Crippen MR) is 84.0 cm³/mol. The first-order valence-corrected chi connectivity index (χ1v) is 7.07. The second-order valence-corrected chi connectivity index (χ2v) is 5.16. The highest BCUT2D eigenvalue weighted by Gasteiger charge is 2.15. The van der Waals surface area contributed by atoms with Crippen molar-refractivity contribution in [1.29, 1.82) is 0 Å². The molecule has 0 unspecified atom stereocenters. The van der Waals surface area contributed by atoms with E-state index in [1.165, 1.54) is 6.20 Å². The summed E-state index contributed by atoms with van der Waals surface area (Å²) >= 11 is 0. The maximum Gasteiger partial charge on any atom is 0.343 e. The number of aromatic amines is 1. The minimum Gasteiger partial charge on any atom is -0.462 e. The van der Waals surface area contributed by atoms with Gasteiger partial charge in [0.25, 0.3) is 0 Å². The molecule has 22 heavy (non-hydrogen) atoms. The summed E-state index contributed by atoms with van der Waals surface area (Å²) in [6.45, 7) is 5.43. The van der Waals surface area contributed by atoms with Crippen LogP contribution in [0.4, 0.5) is 5.69 Å². The van der Waals surface area contributed by atoms with Gasteiger partial charge in [0.2, 0.25) is 11.3 Å². The summed E-state index contributed by atoms with van der Waals surface area (Å²) in [6, 6.07) is 4.93. The van der Waals surface area contributed by atoms with Gasteiger partial charge >= 0.3 is 5.97 Å². The van der Waals surface area contributed by atoms with Gasteiger partial charge in [-0.3, -0.25) is 9.59 Å². The number of hydrogen-bond donors (Lipinski definition) is 2. The van der Waals surface area contributed by atoms with E-state index >= 15 is 0 Å². The molecule has 0 radical (unpaired) electrons. The third kappa shape index (κ3) is 3.16. The average Bonchev–Trinajstić information content (AvgIpc) is 2.48. The SMILES string of the molecule is CCOC(=O)c1c[nH]c2ccc(NC(=O)C(C)C)cc2c1=O. The first-order chi connectivity index (χ1) is 10.4. The fourth-order valence-electron chi connectivity index (χ4n) is 1.94. The van der Waals surface area contributed by atoms with Crippen LogP contribution in [0.3, 0.4) is 0 Å². The Balaban J connectivity index is 2.46. The molecule has 0 saturated heterocycles. The Kier molecular flexibility index (Phi) is 4.60. The minimum atomic E-state index is -0.665. The molecule has 1 amide bonds. The third-order valence-electron chi connectivity index (χ3n) is 3.17. The van der Waals surface area contributed by atoms with E-state index in [9.17, 15) is 14.4 Å². The van der Waals surface area contributed by atoms with Gasteiger partial charge in [0.1, 0.15) is 5.56 Å². The third-order valence-corrected chi connectivity index (χ3v) is 3.17. The zero-order valence-corrected chi connectivity index (χ0v) is 12.7. The van der Waals surface area contributed by atoms with Crippen molar-refractivity contribution in [2.24, 2.45) is 5.92 Å². The number of H-pyrrole nitrogens is 1. The van der Waals surface area contributed by atoms with Gasteiger partial charge in [0.05, 0.1) is 6.61 Å². The normalized spacial score (nSPS) is 10.7.